The number of amides is 1. The number of hydrogen-bond donors (Lipinski definition) is 5. The number of aliphatic hydroxyl groups excluding tert-OH is 3. The van der Waals surface area contributed by atoms with E-state index in [1.165, 1.54) is 0 Å². The SMILES string of the molecule is NCC(=O)NC(CO)(CO)CO. The summed E-state index contributed by atoms with van der Waals surface area (Å²) in [6.07, 6.45) is 0. The number of carbonyl (C=O) groups is 1. The van der Waals surface area contributed by atoms with E-state index in [2.05, 4.69) is 5.32 Å². The van der Waals surface area contributed by atoms with Gasteiger partial charge in [-0.3, -0.25) is 4.79 Å². The fourth-order valence-corrected chi connectivity index (χ4v) is 0.615. The zero-order valence-electron chi connectivity index (χ0n) is 6.66. The minimum Gasteiger partial charge on any atom is -0.394 e. The second-order valence-corrected chi connectivity index (χ2v) is 2.51. The van der Waals surface area contributed by atoms with Crippen LogP contribution in [0.5, 0.6) is 0 Å². The van der Waals surface area contributed by atoms with Gasteiger partial charge in [0.2, 0.25) is 5.91 Å². The number of nitrogens with one attached hydrogen (secondary N) is 1. The van der Waals surface area contributed by atoms with E-state index in [0.29, 0.717) is 0 Å². The highest BCUT2D eigenvalue weighted by Crippen LogP contribution is 2.00. The lowest BCUT2D eigenvalue weighted by atomic mass is 10.0. The Bertz CT molecular complexity index is 138. The van der Waals surface area contributed by atoms with Crippen LogP contribution in [0.25, 0.3) is 0 Å². The Morgan fingerprint density at radius 3 is 1.92 bits per heavy atom. The van der Waals surface area contributed by atoms with Crippen molar-refractivity contribution in [3.05, 3.63) is 0 Å². The molecule has 0 unspecified atom stereocenters. The number of carbonyl (C=O) groups excluding carboxylic acids is 1. The van der Waals surface area contributed by atoms with Crippen molar-refractivity contribution in [3.63, 3.8) is 0 Å². The van der Waals surface area contributed by atoms with Gasteiger partial charge in [0.15, 0.2) is 0 Å². The Kier molecular flexibility index (Phi) is 4.75. The summed E-state index contributed by atoms with van der Waals surface area (Å²) < 4.78 is 0. The first-order chi connectivity index (χ1) is 5.64. The van der Waals surface area contributed by atoms with Gasteiger partial charge in [0.05, 0.1) is 26.4 Å². The molecule has 1 amide bonds. The number of nitrogens with two attached hydrogens (primary N) is 1. The van der Waals surface area contributed by atoms with Crippen molar-refractivity contribution in [2.45, 2.75) is 5.54 Å². The topological polar surface area (TPSA) is 116 Å². The predicted molar refractivity (Wildman–Crippen MR) is 41.2 cm³/mol. The van der Waals surface area contributed by atoms with Gasteiger partial charge in [0.1, 0.15) is 5.54 Å². The predicted octanol–water partition coefficient (Wildman–Crippen LogP) is -3.22. The fourth-order valence-electron chi connectivity index (χ4n) is 0.615. The zero-order valence-corrected chi connectivity index (χ0v) is 6.66. The zero-order chi connectivity index (χ0) is 9.61. The molecule has 0 aliphatic carbocycles. The van der Waals surface area contributed by atoms with Crippen molar-refractivity contribution < 1.29 is 20.1 Å². The molecule has 0 aliphatic heterocycles. The molecule has 0 spiro atoms. The van der Waals surface area contributed by atoms with Gasteiger partial charge < -0.3 is 26.4 Å². The van der Waals surface area contributed by atoms with Crippen LogP contribution in [-0.2, 0) is 4.79 Å². The highest BCUT2D eigenvalue weighted by molar-refractivity contribution is 5.78. The molecule has 0 aliphatic rings. The lowest BCUT2D eigenvalue weighted by Crippen LogP contribution is -2.58. The Morgan fingerprint density at radius 2 is 1.67 bits per heavy atom. The van der Waals surface area contributed by atoms with Gasteiger partial charge in [0.25, 0.3) is 0 Å². The molecule has 0 aromatic rings. The quantitative estimate of drug-likeness (QED) is 0.303. The first-order valence-electron chi connectivity index (χ1n) is 3.48. The van der Waals surface area contributed by atoms with E-state index >= 15 is 0 Å². The molecule has 0 aromatic carbocycles. The second-order valence-electron chi connectivity index (χ2n) is 2.51. The summed E-state index contributed by atoms with van der Waals surface area (Å²) >= 11 is 0. The van der Waals surface area contributed by atoms with Crippen LogP contribution in [0.1, 0.15) is 0 Å². The largest absolute Gasteiger partial charge is 0.394 e. The summed E-state index contributed by atoms with van der Waals surface area (Å²) in [7, 11) is 0. The minimum absolute atomic E-state index is 0.248. The molecule has 0 aromatic heterocycles. The highest BCUT2D eigenvalue weighted by atomic mass is 16.3. The molecule has 0 saturated heterocycles. The summed E-state index contributed by atoms with van der Waals surface area (Å²) in [6, 6.07) is 0. The maximum Gasteiger partial charge on any atom is 0.234 e. The summed E-state index contributed by atoms with van der Waals surface area (Å²) in [4.78, 5) is 10.7. The van der Waals surface area contributed by atoms with Crippen molar-refractivity contribution in [2.24, 2.45) is 5.73 Å². The van der Waals surface area contributed by atoms with Gasteiger partial charge in [0, 0.05) is 0 Å². The van der Waals surface area contributed by atoms with Crippen LogP contribution >= 0.6 is 0 Å². The molecular weight excluding hydrogens is 164 g/mol. The van der Waals surface area contributed by atoms with Gasteiger partial charge in [-0.2, -0.15) is 0 Å². The molecule has 6 N–H and O–H groups in total. The van der Waals surface area contributed by atoms with E-state index in [1.807, 2.05) is 0 Å². The maximum absolute atomic E-state index is 10.7. The Morgan fingerprint density at radius 1 is 1.25 bits per heavy atom. The monoisotopic (exact) mass is 178 g/mol. The summed E-state index contributed by atoms with van der Waals surface area (Å²) in [6.45, 7) is -1.86. The van der Waals surface area contributed by atoms with Gasteiger partial charge in [-0.1, -0.05) is 0 Å². The highest BCUT2D eigenvalue weighted by Gasteiger charge is 2.29. The molecule has 6 nitrogen and oxygen atoms in total. The van der Waals surface area contributed by atoms with E-state index in [-0.39, 0.29) is 6.54 Å². The number of aliphatic hydroxyl groups is 3. The number of rotatable bonds is 5. The number of hydrogen-bond acceptors (Lipinski definition) is 5. The Labute approximate surface area is 70.0 Å². The average molecular weight is 178 g/mol. The van der Waals surface area contributed by atoms with Gasteiger partial charge in [-0.15, -0.1) is 0 Å². The first-order valence-corrected chi connectivity index (χ1v) is 3.48. The molecular formula is C6H14N2O4. The van der Waals surface area contributed by atoms with E-state index in [9.17, 15) is 4.79 Å². The molecule has 0 fully saturated rings. The van der Waals surface area contributed by atoms with E-state index in [1.54, 1.807) is 0 Å². The smallest absolute Gasteiger partial charge is 0.234 e. The van der Waals surface area contributed by atoms with E-state index in [4.69, 9.17) is 21.1 Å². The van der Waals surface area contributed by atoms with E-state index < -0.39 is 31.3 Å². The third-order valence-corrected chi connectivity index (χ3v) is 1.50. The molecule has 0 rings (SSSR count). The van der Waals surface area contributed by atoms with Crippen LogP contribution in [0.15, 0.2) is 0 Å². The second kappa shape index (κ2) is 5.04. The lowest BCUT2D eigenvalue weighted by Gasteiger charge is -2.28. The molecule has 0 bridgehead atoms. The standard InChI is InChI=1S/C6H14N2O4/c7-1-5(12)8-6(2-9,3-10)4-11/h9-11H,1-4,7H2,(H,8,12). The van der Waals surface area contributed by atoms with E-state index in [0.717, 1.165) is 0 Å². The van der Waals surface area contributed by atoms with Gasteiger partial charge in [-0.05, 0) is 0 Å². The third kappa shape index (κ3) is 2.74. The van der Waals surface area contributed by atoms with Crippen LogP contribution in [0.2, 0.25) is 0 Å². The summed E-state index contributed by atoms with van der Waals surface area (Å²) in [5, 5.41) is 28.5. The van der Waals surface area contributed by atoms with Gasteiger partial charge >= 0.3 is 0 Å². The van der Waals surface area contributed by atoms with Crippen LogP contribution in [0, 0.1) is 0 Å². The van der Waals surface area contributed by atoms with Crippen LogP contribution in [-0.4, -0.2) is 53.1 Å². The molecule has 0 heterocycles. The Hall–Kier alpha value is -0.690. The van der Waals surface area contributed by atoms with Crippen molar-refractivity contribution in [1.82, 2.24) is 5.32 Å². The van der Waals surface area contributed by atoms with Crippen molar-refractivity contribution >= 4 is 5.91 Å². The lowest BCUT2D eigenvalue weighted by molar-refractivity contribution is -0.124. The molecule has 12 heavy (non-hydrogen) atoms. The van der Waals surface area contributed by atoms with Crippen molar-refractivity contribution in [3.8, 4) is 0 Å². The normalized spacial score (nSPS) is 11.3. The minimum atomic E-state index is -1.36. The van der Waals surface area contributed by atoms with Crippen LogP contribution in [0.3, 0.4) is 0 Å². The van der Waals surface area contributed by atoms with Crippen LogP contribution < -0.4 is 11.1 Å². The average Bonchev–Trinajstić information content (AvgIpc) is 2.14. The molecule has 0 saturated carbocycles. The van der Waals surface area contributed by atoms with Crippen molar-refractivity contribution in [1.29, 1.82) is 0 Å². The van der Waals surface area contributed by atoms with Gasteiger partial charge in [-0.25, -0.2) is 0 Å². The summed E-state index contributed by atoms with van der Waals surface area (Å²) in [5.74, 6) is -0.535. The Balaban J connectivity index is 4.19. The fraction of sp³-hybridized carbons (Fsp3) is 0.833. The molecule has 0 atom stereocenters. The summed E-state index contributed by atoms with van der Waals surface area (Å²) in [5.41, 5.74) is 3.62. The van der Waals surface area contributed by atoms with Crippen LogP contribution in [0.4, 0.5) is 0 Å². The molecule has 6 heteroatoms. The molecule has 72 valence electrons. The third-order valence-electron chi connectivity index (χ3n) is 1.50. The molecule has 0 radical (unpaired) electrons. The first kappa shape index (κ1) is 11.3. The van der Waals surface area contributed by atoms with Crippen molar-refractivity contribution in [2.75, 3.05) is 26.4 Å². The maximum atomic E-state index is 10.7.